The molecule has 0 aliphatic carbocycles. The summed E-state index contributed by atoms with van der Waals surface area (Å²) in [6, 6.07) is 1.28. The van der Waals surface area contributed by atoms with E-state index in [-0.39, 0.29) is 0 Å². The van der Waals surface area contributed by atoms with Crippen LogP contribution >= 0.6 is 0 Å². The lowest BCUT2D eigenvalue weighted by molar-refractivity contribution is -0.259. The molecule has 6 nitrogen and oxygen atoms in total. The lowest BCUT2D eigenvalue weighted by Gasteiger charge is -2.67. The first-order valence-electron chi connectivity index (χ1n) is 11.1. The molecular weight excluding hydrogens is 324 g/mol. The number of piperazine rings is 2. The maximum absolute atomic E-state index is 2.81. The van der Waals surface area contributed by atoms with Crippen LogP contribution in [0.3, 0.4) is 0 Å². The number of hydrogen-bond donors (Lipinski definition) is 0. The minimum absolute atomic E-state index is 0.578. The van der Waals surface area contributed by atoms with Gasteiger partial charge in [-0.25, -0.2) is 0 Å². The van der Waals surface area contributed by atoms with Crippen LogP contribution in [0.1, 0.15) is 53.4 Å². The third kappa shape index (κ3) is 3.45. The van der Waals surface area contributed by atoms with Crippen LogP contribution in [0.4, 0.5) is 0 Å². The molecule has 0 bridgehead atoms. The van der Waals surface area contributed by atoms with Gasteiger partial charge in [0.1, 0.15) is 0 Å². The van der Waals surface area contributed by atoms with Crippen molar-refractivity contribution in [1.29, 1.82) is 0 Å². The van der Waals surface area contributed by atoms with E-state index in [1.165, 1.54) is 51.9 Å². The first-order valence-corrected chi connectivity index (χ1v) is 11.1. The molecule has 2 unspecified atom stereocenters. The van der Waals surface area contributed by atoms with E-state index in [0.29, 0.717) is 24.4 Å². The van der Waals surface area contributed by atoms with E-state index in [9.17, 15) is 0 Å². The normalized spacial score (nSPS) is 37.8. The Morgan fingerprint density at radius 3 is 1.58 bits per heavy atom. The zero-order valence-electron chi connectivity index (χ0n) is 17.5. The van der Waals surface area contributed by atoms with Crippen LogP contribution in [0.5, 0.6) is 0 Å². The SMILES string of the molecule is CCCCN1CN2CC(C)N3CN(CCCC)CN4C(C)CN(C1)C2C34. The Bertz CT molecular complexity index is 441. The fourth-order valence-corrected chi connectivity index (χ4v) is 5.61. The van der Waals surface area contributed by atoms with Crippen LogP contribution in [0.2, 0.25) is 0 Å². The molecule has 0 amide bonds. The maximum Gasteiger partial charge on any atom is 0.0948 e. The van der Waals surface area contributed by atoms with Gasteiger partial charge in [-0.15, -0.1) is 0 Å². The zero-order chi connectivity index (χ0) is 18.3. The van der Waals surface area contributed by atoms with Gasteiger partial charge in [0, 0.05) is 38.3 Å². The second-order valence-corrected chi connectivity index (χ2v) is 9.16. The average Bonchev–Trinajstić information content (AvgIpc) is 2.63. The van der Waals surface area contributed by atoms with Gasteiger partial charge in [-0.2, -0.15) is 0 Å². The summed E-state index contributed by atoms with van der Waals surface area (Å²) in [6.07, 6.45) is 6.41. The van der Waals surface area contributed by atoms with Gasteiger partial charge in [-0.1, -0.05) is 26.7 Å². The molecular formula is C20H40N6. The molecule has 0 spiro atoms. The highest BCUT2D eigenvalue weighted by molar-refractivity contribution is 5.03. The third-order valence-electron chi connectivity index (χ3n) is 6.97. The van der Waals surface area contributed by atoms with Gasteiger partial charge in [0.15, 0.2) is 0 Å². The molecule has 4 rings (SSSR count). The van der Waals surface area contributed by atoms with E-state index in [1.807, 2.05) is 0 Å². The van der Waals surface area contributed by atoms with E-state index in [1.54, 1.807) is 0 Å². The van der Waals surface area contributed by atoms with E-state index < -0.39 is 0 Å². The molecule has 4 aliphatic heterocycles. The summed E-state index contributed by atoms with van der Waals surface area (Å²) in [7, 11) is 0. The fraction of sp³-hybridized carbons (Fsp3) is 1.00. The fourth-order valence-electron chi connectivity index (χ4n) is 5.61. The Labute approximate surface area is 160 Å². The minimum atomic E-state index is 0.578. The Kier molecular flexibility index (Phi) is 5.89. The molecule has 0 N–H and O–H groups in total. The van der Waals surface area contributed by atoms with Crippen LogP contribution < -0.4 is 0 Å². The van der Waals surface area contributed by atoms with Crippen LogP contribution in [0.15, 0.2) is 0 Å². The number of rotatable bonds is 6. The lowest BCUT2D eigenvalue weighted by Crippen LogP contribution is -2.83. The standard InChI is InChI=1S/C20H40N6/c1-5-7-9-21-13-23-11-17(3)25-15-22(10-8-6-2)16-26-18(4)12-24(14-21)19(23)20(25)26/h17-20H,5-16H2,1-4H3. The van der Waals surface area contributed by atoms with E-state index in [0.717, 1.165) is 26.7 Å². The van der Waals surface area contributed by atoms with Crippen molar-refractivity contribution < 1.29 is 0 Å². The van der Waals surface area contributed by atoms with Gasteiger partial charge in [0.2, 0.25) is 0 Å². The van der Waals surface area contributed by atoms with E-state index in [2.05, 4.69) is 57.1 Å². The van der Waals surface area contributed by atoms with Crippen molar-refractivity contribution in [2.75, 3.05) is 52.9 Å². The maximum atomic E-state index is 2.81. The zero-order valence-corrected chi connectivity index (χ0v) is 17.5. The molecule has 0 aromatic carbocycles. The van der Waals surface area contributed by atoms with Crippen LogP contribution in [0.25, 0.3) is 0 Å². The Balaban J connectivity index is 1.53. The molecule has 0 aromatic heterocycles. The number of hydrogen-bond acceptors (Lipinski definition) is 6. The summed E-state index contributed by atoms with van der Waals surface area (Å²) in [4.78, 5) is 16.6. The van der Waals surface area contributed by atoms with Crippen molar-refractivity contribution in [1.82, 2.24) is 29.4 Å². The van der Waals surface area contributed by atoms with E-state index in [4.69, 9.17) is 0 Å². The molecule has 0 aromatic rings. The predicted octanol–water partition coefficient (Wildman–Crippen LogP) is 1.71. The number of unbranched alkanes of at least 4 members (excludes halogenated alkanes) is 2. The van der Waals surface area contributed by atoms with Crippen LogP contribution in [-0.4, -0.2) is 107 Å². The highest BCUT2D eigenvalue weighted by atomic mass is 15.7. The molecule has 0 radical (unpaired) electrons. The van der Waals surface area contributed by atoms with Crippen molar-refractivity contribution in [3.05, 3.63) is 0 Å². The van der Waals surface area contributed by atoms with Crippen LogP contribution in [-0.2, 0) is 0 Å². The summed E-state index contributed by atoms with van der Waals surface area (Å²) in [5.74, 6) is 0. The summed E-state index contributed by atoms with van der Waals surface area (Å²) in [6.45, 7) is 19.1. The molecule has 2 atom stereocenters. The first-order chi connectivity index (χ1) is 12.6. The molecule has 6 heteroatoms. The molecule has 4 fully saturated rings. The van der Waals surface area contributed by atoms with Crippen molar-refractivity contribution >= 4 is 0 Å². The Morgan fingerprint density at radius 2 is 1.12 bits per heavy atom. The molecule has 4 aliphatic rings. The molecule has 0 saturated carbocycles. The summed E-state index contributed by atoms with van der Waals surface area (Å²) in [5, 5.41) is 0. The highest BCUT2D eigenvalue weighted by Crippen LogP contribution is 2.36. The van der Waals surface area contributed by atoms with E-state index >= 15 is 0 Å². The molecule has 4 saturated heterocycles. The second-order valence-electron chi connectivity index (χ2n) is 9.16. The smallest absolute Gasteiger partial charge is 0.0948 e. The second kappa shape index (κ2) is 8.02. The third-order valence-corrected chi connectivity index (χ3v) is 6.97. The summed E-state index contributed by atoms with van der Waals surface area (Å²) < 4.78 is 0. The monoisotopic (exact) mass is 364 g/mol. The molecule has 150 valence electrons. The number of nitrogens with zero attached hydrogens (tertiary/aromatic N) is 6. The van der Waals surface area contributed by atoms with Gasteiger partial charge in [0.25, 0.3) is 0 Å². The van der Waals surface area contributed by atoms with Gasteiger partial charge in [0.05, 0.1) is 39.0 Å². The average molecular weight is 365 g/mol. The van der Waals surface area contributed by atoms with Gasteiger partial charge >= 0.3 is 0 Å². The van der Waals surface area contributed by atoms with Crippen molar-refractivity contribution in [2.24, 2.45) is 0 Å². The van der Waals surface area contributed by atoms with Crippen molar-refractivity contribution in [3.63, 3.8) is 0 Å². The topological polar surface area (TPSA) is 19.4 Å². The quantitative estimate of drug-likeness (QED) is 0.710. The Morgan fingerprint density at radius 1 is 0.654 bits per heavy atom. The van der Waals surface area contributed by atoms with Gasteiger partial charge in [-0.05, 0) is 26.7 Å². The lowest BCUT2D eigenvalue weighted by atomic mass is 9.99. The molecule has 4 heterocycles. The minimum Gasteiger partial charge on any atom is -0.277 e. The Hall–Kier alpha value is -0.240. The summed E-state index contributed by atoms with van der Waals surface area (Å²) >= 11 is 0. The van der Waals surface area contributed by atoms with Crippen molar-refractivity contribution in [2.45, 2.75) is 77.8 Å². The van der Waals surface area contributed by atoms with Gasteiger partial charge < -0.3 is 0 Å². The highest BCUT2D eigenvalue weighted by Gasteiger charge is 2.54. The summed E-state index contributed by atoms with van der Waals surface area (Å²) in [5.41, 5.74) is 0. The van der Waals surface area contributed by atoms with Gasteiger partial charge in [-0.3, -0.25) is 29.4 Å². The van der Waals surface area contributed by atoms with Crippen LogP contribution in [0, 0.1) is 0 Å². The van der Waals surface area contributed by atoms with Crippen molar-refractivity contribution in [3.8, 4) is 0 Å². The molecule has 26 heavy (non-hydrogen) atoms. The predicted molar refractivity (Wildman–Crippen MR) is 106 cm³/mol. The largest absolute Gasteiger partial charge is 0.277 e. The first kappa shape index (κ1) is 19.1.